The summed E-state index contributed by atoms with van der Waals surface area (Å²) in [7, 11) is 0.293. The van der Waals surface area contributed by atoms with Gasteiger partial charge in [0.05, 0.1) is 12.0 Å². The molecule has 0 spiro atoms. The van der Waals surface area contributed by atoms with Gasteiger partial charge in [-0.25, -0.2) is 8.42 Å². The van der Waals surface area contributed by atoms with E-state index in [9.17, 15) is 8.42 Å². The molecule has 7 nitrogen and oxygen atoms in total. The van der Waals surface area contributed by atoms with Crippen LogP contribution in [0.2, 0.25) is 0 Å². The highest BCUT2D eigenvalue weighted by Gasteiger charge is 2.20. The van der Waals surface area contributed by atoms with Crippen molar-refractivity contribution in [3.63, 3.8) is 0 Å². The summed E-state index contributed by atoms with van der Waals surface area (Å²) in [6.07, 6.45) is 1.22. The van der Waals surface area contributed by atoms with Gasteiger partial charge in [0, 0.05) is 57.8 Å². The van der Waals surface area contributed by atoms with Gasteiger partial charge in [-0.3, -0.25) is 4.99 Å². The number of methoxy groups -OCH3 is 1. The van der Waals surface area contributed by atoms with Gasteiger partial charge in [-0.1, -0.05) is 18.2 Å². The first-order valence-electron chi connectivity index (χ1n) is 9.54. The van der Waals surface area contributed by atoms with Crippen LogP contribution in [0.25, 0.3) is 0 Å². The third-order valence-electron chi connectivity index (χ3n) is 5.01. The van der Waals surface area contributed by atoms with E-state index in [1.165, 1.54) is 6.26 Å². The topological polar surface area (TPSA) is 74.2 Å². The van der Waals surface area contributed by atoms with E-state index in [0.717, 1.165) is 49.1 Å². The third-order valence-corrected chi connectivity index (χ3v) is 6.14. The smallest absolute Gasteiger partial charge is 0.194 e. The average Bonchev–Trinajstić information content (AvgIpc) is 2.74. The Hall–Kier alpha value is -2.74. The Balaban J connectivity index is 1.55. The lowest BCUT2D eigenvalue weighted by molar-refractivity contribution is 0.372. The van der Waals surface area contributed by atoms with Crippen LogP contribution in [0, 0.1) is 0 Å². The number of hydrogen-bond donors (Lipinski definition) is 1. The van der Waals surface area contributed by atoms with Crippen molar-refractivity contribution in [2.75, 3.05) is 51.5 Å². The highest BCUT2D eigenvalue weighted by molar-refractivity contribution is 7.90. The number of piperazine rings is 1. The Bertz CT molecular complexity index is 950. The number of rotatable bonds is 5. The Morgan fingerprint density at radius 2 is 1.79 bits per heavy atom. The van der Waals surface area contributed by atoms with Gasteiger partial charge in [-0.05, 0) is 29.8 Å². The van der Waals surface area contributed by atoms with Crippen LogP contribution in [-0.2, 0) is 16.4 Å². The fourth-order valence-electron chi connectivity index (χ4n) is 3.35. The van der Waals surface area contributed by atoms with Crippen molar-refractivity contribution in [3.8, 4) is 5.75 Å². The molecular formula is C21H28N4O3S. The molecule has 3 rings (SSSR count). The van der Waals surface area contributed by atoms with E-state index in [0.29, 0.717) is 11.4 Å². The molecule has 2 aromatic carbocycles. The van der Waals surface area contributed by atoms with Crippen molar-refractivity contribution in [1.82, 2.24) is 10.2 Å². The second-order valence-electron chi connectivity index (χ2n) is 6.99. The summed E-state index contributed by atoms with van der Waals surface area (Å²) < 4.78 is 28.5. The summed E-state index contributed by atoms with van der Waals surface area (Å²) in [6, 6.07) is 15.1. The number of nitrogens with zero attached hydrogens (tertiary/aromatic N) is 3. The summed E-state index contributed by atoms with van der Waals surface area (Å²) >= 11 is 0. The van der Waals surface area contributed by atoms with E-state index < -0.39 is 9.84 Å². The number of aliphatic imine (C=N–C) groups is 1. The van der Waals surface area contributed by atoms with Gasteiger partial charge in [-0.2, -0.15) is 0 Å². The molecule has 8 heteroatoms. The minimum atomic E-state index is -3.17. The Morgan fingerprint density at radius 3 is 2.38 bits per heavy atom. The molecule has 29 heavy (non-hydrogen) atoms. The van der Waals surface area contributed by atoms with Crippen LogP contribution < -0.4 is 15.0 Å². The van der Waals surface area contributed by atoms with Gasteiger partial charge in [0.2, 0.25) is 0 Å². The predicted octanol–water partition coefficient (Wildman–Crippen LogP) is 2.00. The first kappa shape index (κ1) is 21.0. The normalized spacial score (nSPS) is 15.3. The SMILES string of the molecule is CN=C(NCc1ccc(S(C)(=O)=O)cc1)N1CCN(c2cccc(OC)c2)CC1. The van der Waals surface area contributed by atoms with E-state index in [1.54, 1.807) is 26.3 Å². The molecule has 2 aromatic rings. The van der Waals surface area contributed by atoms with Crippen LogP contribution in [0.4, 0.5) is 5.69 Å². The van der Waals surface area contributed by atoms with E-state index in [2.05, 4.69) is 32.2 Å². The molecule has 1 fully saturated rings. The summed E-state index contributed by atoms with van der Waals surface area (Å²) in [5.41, 5.74) is 2.17. The number of hydrogen-bond acceptors (Lipinski definition) is 5. The van der Waals surface area contributed by atoms with Crippen LogP contribution in [-0.4, -0.2) is 65.9 Å². The second-order valence-corrected chi connectivity index (χ2v) is 9.01. The van der Waals surface area contributed by atoms with Crippen molar-refractivity contribution in [2.24, 2.45) is 4.99 Å². The monoisotopic (exact) mass is 416 g/mol. The number of ether oxygens (including phenoxy) is 1. The van der Waals surface area contributed by atoms with Crippen LogP contribution in [0.3, 0.4) is 0 Å². The standard InChI is InChI=1S/C21H28N4O3S/c1-22-21(23-16-17-7-9-20(10-8-17)29(3,26)27)25-13-11-24(12-14-25)18-5-4-6-19(15-18)28-2/h4-10,15H,11-14,16H2,1-3H3,(H,22,23). The van der Waals surface area contributed by atoms with Gasteiger partial charge in [0.1, 0.15) is 5.75 Å². The number of nitrogens with one attached hydrogen (secondary N) is 1. The predicted molar refractivity (Wildman–Crippen MR) is 117 cm³/mol. The van der Waals surface area contributed by atoms with E-state index in [4.69, 9.17) is 4.74 Å². The molecule has 1 aliphatic heterocycles. The molecule has 1 aliphatic rings. The van der Waals surface area contributed by atoms with Gasteiger partial charge in [0.25, 0.3) is 0 Å². The Labute approximate surface area is 172 Å². The fourth-order valence-corrected chi connectivity index (χ4v) is 3.98. The molecule has 0 aromatic heterocycles. The first-order chi connectivity index (χ1) is 13.9. The summed E-state index contributed by atoms with van der Waals surface area (Å²) in [5.74, 6) is 1.71. The second kappa shape index (κ2) is 9.17. The van der Waals surface area contributed by atoms with E-state index in [1.807, 2.05) is 24.3 Å². The summed E-state index contributed by atoms with van der Waals surface area (Å²) in [6.45, 7) is 4.12. The van der Waals surface area contributed by atoms with Gasteiger partial charge in [-0.15, -0.1) is 0 Å². The van der Waals surface area contributed by atoms with Crippen molar-refractivity contribution < 1.29 is 13.2 Å². The zero-order chi connectivity index (χ0) is 20.9. The summed E-state index contributed by atoms with van der Waals surface area (Å²) in [4.78, 5) is 9.32. The minimum absolute atomic E-state index is 0.333. The molecule has 1 heterocycles. The largest absolute Gasteiger partial charge is 0.497 e. The molecule has 1 N–H and O–H groups in total. The maximum atomic E-state index is 11.6. The van der Waals surface area contributed by atoms with Gasteiger partial charge in [0.15, 0.2) is 15.8 Å². The average molecular weight is 417 g/mol. The molecule has 1 saturated heterocycles. The first-order valence-corrected chi connectivity index (χ1v) is 11.4. The maximum absolute atomic E-state index is 11.6. The minimum Gasteiger partial charge on any atom is -0.497 e. The number of sulfone groups is 1. The zero-order valence-electron chi connectivity index (χ0n) is 17.1. The van der Waals surface area contributed by atoms with Crippen molar-refractivity contribution >= 4 is 21.5 Å². The zero-order valence-corrected chi connectivity index (χ0v) is 17.9. The highest BCUT2D eigenvalue weighted by atomic mass is 32.2. The van der Waals surface area contributed by atoms with Crippen LogP contribution >= 0.6 is 0 Å². The van der Waals surface area contributed by atoms with Crippen molar-refractivity contribution in [2.45, 2.75) is 11.4 Å². The van der Waals surface area contributed by atoms with Crippen LogP contribution in [0.1, 0.15) is 5.56 Å². The van der Waals surface area contributed by atoms with Crippen molar-refractivity contribution in [3.05, 3.63) is 54.1 Å². The molecule has 0 aliphatic carbocycles. The summed E-state index contributed by atoms with van der Waals surface area (Å²) in [5, 5.41) is 3.37. The van der Waals surface area contributed by atoms with Crippen molar-refractivity contribution in [1.29, 1.82) is 0 Å². The lowest BCUT2D eigenvalue weighted by atomic mass is 10.2. The molecular weight excluding hydrogens is 388 g/mol. The molecule has 0 amide bonds. The molecule has 0 unspecified atom stereocenters. The molecule has 0 saturated carbocycles. The fraction of sp³-hybridized carbons (Fsp3) is 0.381. The van der Waals surface area contributed by atoms with Crippen LogP contribution in [0.5, 0.6) is 5.75 Å². The van der Waals surface area contributed by atoms with E-state index in [-0.39, 0.29) is 0 Å². The number of guanidine groups is 1. The number of benzene rings is 2. The lowest BCUT2D eigenvalue weighted by Crippen LogP contribution is -2.52. The quantitative estimate of drug-likeness (QED) is 0.594. The van der Waals surface area contributed by atoms with Gasteiger partial charge >= 0.3 is 0 Å². The lowest BCUT2D eigenvalue weighted by Gasteiger charge is -2.37. The molecule has 156 valence electrons. The maximum Gasteiger partial charge on any atom is 0.194 e. The molecule has 0 atom stereocenters. The Kier molecular flexibility index (Phi) is 6.64. The highest BCUT2D eigenvalue weighted by Crippen LogP contribution is 2.22. The number of anilines is 1. The third kappa shape index (κ3) is 5.41. The van der Waals surface area contributed by atoms with Crippen LogP contribution in [0.15, 0.2) is 58.4 Å². The van der Waals surface area contributed by atoms with E-state index >= 15 is 0 Å². The van der Waals surface area contributed by atoms with Gasteiger partial charge < -0.3 is 19.9 Å². The molecule has 0 radical (unpaired) electrons. The Morgan fingerprint density at radius 1 is 1.10 bits per heavy atom. The molecule has 0 bridgehead atoms.